The molecule has 0 aliphatic carbocycles. The Morgan fingerprint density at radius 2 is 1.85 bits per heavy atom. The van der Waals surface area contributed by atoms with Gasteiger partial charge in [0.05, 0.1) is 6.54 Å². The summed E-state index contributed by atoms with van der Waals surface area (Å²) in [5.41, 5.74) is 1.68. The summed E-state index contributed by atoms with van der Waals surface area (Å²) in [6.07, 6.45) is 0.897. The molecule has 0 unspecified atom stereocenters. The van der Waals surface area contributed by atoms with Crippen molar-refractivity contribution in [1.82, 2.24) is 4.90 Å². The molecule has 0 N–H and O–H groups in total. The molecule has 0 fully saturated rings. The number of ketones is 1. The lowest BCUT2D eigenvalue weighted by Gasteiger charge is -2.15. The molecule has 0 bridgehead atoms. The van der Waals surface area contributed by atoms with Gasteiger partial charge in [-0.1, -0.05) is 42.5 Å². The zero-order chi connectivity index (χ0) is 14.4. The summed E-state index contributed by atoms with van der Waals surface area (Å²) < 4.78 is 13.1. The Kier molecular flexibility index (Phi) is 5.02. The predicted octanol–water partition coefficient (Wildman–Crippen LogP) is 3.18. The third-order valence-corrected chi connectivity index (χ3v) is 3.19. The number of nitrogens with zero attached hydrogens (tertiary/aromatic N) is 1. The van der Waals surface area contributed by atoms with E-state index in [2.05, 4.69) is 12.1 Å². The lowest BCUT2D eigenvalue weighted by atomic mass is 10.1. The first-order valence-electron chi connectivity index (χ1n) is 6.66. The van der Waals surface area contributed by atoms with Crippen molar-refractivity contribution in [1.29, 1.82) is 0 Å². The van der Waals surface area contributed by atoms with Crippen LogP contribution in [-0.4, -0.2) is 30.8 Å². The maximum absolute atomic E-state index is 13.1. The average Bonchev–Trinajstić information content (AvgIpc) is 2.46. The topological polar surface area (TPSA) is 20.3 Å². The van der Waals surface area contributed by atoms with Crippen LogP contribution in [0.25, 0.3) is 0 Å². The van der Waals surface area contributed by atoms with Crippen molar-refractivity contribution in [3.8, 4) is 0 Å². The molecule has 0 aromatic heterocycles. The lowest BCUT2D eigenvalue weighted by molar-refractivity contribution is 0.0946. The van der Waals surface area contributed by atoms with Crippen molar-refractivity contribution < 1.29 is 9.18 Å². The van der Waals surface area contributed by atoms with E-state index in [1.807, 2.05) is 30.1 Å². The Labute approximate surface area is 118 Å². The third kappa shape index (κ3) is 4.28. The first-order valence-corrected chi connectivity index (χ1v) is 6.66. The highest BCUT2D eigenvalue weighted by Gasteiger charge is 2.10. The fourth-order valence-electron chi connectivity index (χ4n) is 2.04. The molecule has 0 saturated carbocycles. The van der Waals surface area contributed by atoms with Gasteiger partial charge < -0.3 is 0 Å². The summed E-state index contributed by atoms with van der Waals surface area (Å²) in [6.45, 7) is 1.10. The van der Waals surface area contributed by atoms with Crippen LogP contribution < -0.4 is 0 Å². The highest BCUT2D eigenvalue weighted by molar-refractivity contribution is 5.97. The van der Waals surface area contributed by atoms with Gasteiger partial charge in [-0.05, 0) is 31.2 Å². The van der Waals surface area contributed by atoms with Crippen molar-refractivity contribution in [2.45, 2.75) is 6.42 Å². The van der Waals surface area contributed by atoms with Crippen molar-refractivity contribution in [2.75, 3.05) is 20.1 Å². The maximum atomic E-state index is 13.1. The van der Waals surface area contributed by atoms with Crippen LogP contribution in [0.3, 0.4) is 0 Å². The number of likely N-dealkylation sites (N-methyl/N-ethyl adjacent to an activating group) is 1. The van der Waals surface area contributed by atoms with E-state index in [0.717, 1.165) is 13.0 Å². The van der Waals surface area contributed by atoms with Gasteiger partial charge in [0.1, 0.15) is 5.82 Å². The van der Waals surface area contributed by atoms with Crippen molar-refractivity contribution >= 4 is 5.78 Å². The second-order valence-corrected chi connectivity index (χ2v) is 4.91. The van der Waals surface area contributed by atoms with E-state index < -0.39 is 0 Å². The van der Waals surface area contributed by atoms with Gasteiger partial charge >= 0.3 is 0 Å². The molecule has 0 radical (unpaired) electrons. The normalized spacial score (nSPS) is 10.8. The van der Waals surface area contributed by atoms with Gasteiger partial charge in [-0.2, -0.15) is 0 Å². The highest BCUT2D eigenvalue weighted by atomic mass is 19.1. The molecule has 0 aliphatic heterocycles. The lowest BCUT2D eigenvalue weighted by Crippen LogP contribution is -2.28. The molecular formula is C17H18FNO. The highest BCUT2D eigenvalue weighted by Crippen LogP contribution is 2.06. The van der Waals surface area contributed by atoms with Gasteiger partial charge in [-0.25, -0.2) is 4.39 Å². The predicted molar refractivity (Wildman–Crippen MR) is 78.4 cm³/mol. The van der Waals surface area contributed by atoms with Crippen molar-refractivity contribution in [3.05, 3.63) is 71.5 Å². The molecule has 0 aliphatic rings. The summed E-state index contributed by atoms with van der Waals surface area (Å²) in [6, 6.07) is 16.0. The van der Waals surface area contributed by atoms with E-state index >= 15 is 0 Å². The number of rotatable bonds is 6. The van der Waals surface area contributed by atoms with Crippen LogP contribution in [0.2, 0.25) is 0 Å². The van der Waals surface area contributed by atoms with Crippen LogP contribution >= 0.6 is 0 Å². The molecule has 20 heavy (non-hydrogen) atoms. The number of benzene rings is 2. The van der Waals surface area contributed by atoms with Gasteiger partial charge in [0.15, 0.2) is 5.78 Å². The molecule has 0 saturated heterocycles. The first-order chi connectivity index (χ1) is 9.65. The molecule has 2 aromatic carbocycles. The van der Waals surface area contributed by atoms with Crippen LogP contribution in [0.1, 0.15) is 15.9 Å². The summed E-state index contributed by atoms with van der Waals surface area (Å²) >= 11 is 0. The molecule has 2 nitrogen and oxygen atoms in total. The van der Waals surface area contributed by atoms with E-state index in [0.29, 0.717) is 12.1 Å². The van der Waals surface area contributed by atoms with Crippen LogP contribution in [0.15, 0.2) is 54.6 Å². The molecule has 0 spiro atoms. The summed E-state index contributed by atoms with van der Waals surface area (Å²) in [4.78, 5) is 14.0. The zero-order valence-corrected chi connectivity index (χ0v) is 11.6. The minimum Gasteiger partial charge on any atom is -0.299 e. The Balaban J connectivity index is 1.85. The number of Topliss-reactive ketones (excluding diaryl/α,β-unsaturated/α-hetero) is 1. The fraction of sp³-hybridized carbons (Fsp3) is 0.235. The van der Waals surface area contributed by atoms with E-state index in [4.69, 9.17) is 0 Å². The maximum Gasteiger partial charge on any atom is 0.176 e. The van der Waals surface area contributed by atoms with Crippen LogP contribution in [-0.2, 0) is 6.42 Å². The zero-order valence-electron chi connectivity index (χ0n) is 11.6. The van der Waals surface area contributed by atoms with Crippen LogP contribution in [0.5, 0.6) is 0 Å². The van der Waals surface area contributed by atoms with Gasteiger partial charge in [-0.3, -0.25) is 9.69 Å². The second-order valence-electron chi connectivity index (χ2n) is 4.91. The first kappa shape index (κ1) is 14.4. The molecule has 104 valence electrons. The number of halogens is 1. The Morgan fingerprint density at radius 1 is 1.10 bits per heavy atom. The molecule has 0 heterocycles. The Bertz CT molecular complexity index is 568. The molecule has 0 atom stereocenters. The van der Waals surface area contributed by atoms with Gasteiger partial charge in [0.25, 0.3) is 0 Å². The average molecular weight is 271 g/mol. The number of hydrogen-bond acceptors (Lipinski definition) is 2. The molecule has 2 rings (SSSR count). The third-order valence-electron chi connectivity index (χ3n) is 3.19. The summed E-state index contributed by atoms with van der Waals surface area (Å²) in [5.74, 6) is -0.428. The Hall–Kier alpha value is -2.00. The fourth-order valence-corrected chi connectivity index (χ4v) is 2.04. The van der Waals surface area contributed by atoms with Gasteiger partial charge in [0, 0.05) is 12.1 Å². The minimum absolute atomic E-state index is 0.0555. The molecule has 2 aromatic rings. The van der Waals surface area contributed by atoms with Gasteiger partial charge in [0.2, 0.25) is 0 Å². The van der Waals surface area contributed by atoms with Crippen molar-refractivity contribution in [2.24, 2.45) is 0 Å². The molecule has 3 heteroatoms. The van der Waals surface area contributed by atoms with E-state index in [9.17, 15) is 9.18 Å². The Morgan fingerprint density at radius 3 is 2.55 bits per heavy atom. The number of hydrogen-bond donors (Lipinski definition) is 0. The number of carbonyl (C=O) groups is 1. The quantitative estimate of drug-likeness (QED) is 0.752. The summed E-state index contributed by atoms with van der Waals surface area (Å²) in [7, 11) is 1.90. The molecular weight excluding hydrogens is 253 g/mol. The van der Waals surface area contributed by atoms with Crippen LogP contribution in [0.4, 0.5) is 4.39 Å². The SMILES string of the molecule is CN(CCc1ccccc1)CC(=O)c1cccc(F)c1. The van der Waals surface area contributed by atoms with E-state index in [-0.39, 0.29) is 11.6 Å². The second kappa shape index (κ2) is 6.96. The minimum atomic E-state index is -0.372. The standard InChI is InChI=1S/C17H18FNO/c1-19(11-10-14-6-3-2-4-7-14)13-17(20)15-8-5-9-16(18)12-15/h2-9,12H,10-11,13H2,1H3. The smallest absolute Gasteiger partial charge is 0.176 e. The largest absolute Gasteiger partial charge is 0.299 e. The number of carbonyl (C=O) groups excluding carboxylic acids is 1. The van der Waals surface area contributed by atoms with Crippen molar-refractivity contribution in [3.63, 3.8) is 0 Å². The van der Waals surface area contributed by atoms with E-state index in [1.165, 1.54) is 17.7 Å². The monoisotopic (exact) mass is 271 g/mol. The van der Waals surface area contributed by atoms with E-state index in [1.54, 1.807) is 12.1 Å². The molecule has 0 amide bonds. The van der Waals surface area contributed by atoms with Gasteiger partial charge in [-0.15, -0.1) is 0 Å². The van der Waals surface area contributed by atoms with Crippen LogP contribution in [0, 0.1) is 5.82 Å². The summed E-state index contributed by atoms with van der Waals surface area (Å²) in [5, 5.41) is 0.